The van der Waals surface area contributed by atoms with E-state index in [1.807, 2.05) is 39.0 Å². The smallest absolute Gasteiger partial charge is 0.407 e. The molecular formula is C27H37FN4O3. The number of carbonyl (C=O) groups excluding carboxylic acids is 1. The third-order valence-corrected chi connectivity index (χ3v) is 6.86. The van der Waals surface area contributed by atoms with Crippen molar-refractivity contribution in [3.63, 3.8) is 0 Å². The van der Waals surface area contributed by atoms with Gasteiger partial charge in [-0.25, -0.2) is 9.18 Å². The van der Waals surface area contributed by atoms with Crippen LogP contribution in [0.1, 0.15) is 64.4 Å². The van der Waals surface area contributed by atoms with Gasteiger partial charge in [-0.1, -0.05) is 12.1 Å². The number of anilines is 1. The van der Waals surface area contributed by atoms with E-state index in [0.29, 0.717) is 12.5 Å². The first kappa shape index (κ1) is 25.4. The maximum atomic E-state index is 13.6. The third-order valence-electron chi connectivity index (χ3n) is 6.86. The maximum absolute atomic E-state index is 13.6. The molecule has 2 heterocycles. The molecule has 0 bridgehead atoms. The van der Waals surface area contributed by atoms with Gasteiger partial charge in [-0.2, -0.15) is 5.10 Å². The van der Waals surface area contributed by atoms with Crippen molar-refractivity contribution in [3.8, 4) is 0 Å². The van der Waals surface area contributed by atoms with Crippen LogP contribution in [-0.2, 0) is 9.47 Å². The topological polar surface area (TPSA) is 76.6 Å². The molecule has 1 aliphatic heterocycles. The van der Waals surface area contributed by atoms with Gasteiger partial charge in [0.1, 0.15) is 11.4 Å². The Labute approximate surface area is 207 Å². The molecule has 1 saturated carbocycles. The maximum Gasteiger partial charge on any atom is 0.407 e. The monoisotopic (exact) mass is 484 g/mol. The van der Waals surface area contributed by atoms with Crippen LogP contribution in [0.4, 0.5) is 15.0 Å². The Bertz CT molecular complexity index is 960. The van der Waals surface area contributed by atoms with Crippen LogP contribution in [0, 0.1) is 11.7 Å². The number of halogens is 1. The van der Waals surface area contributed by atoms with Gasteiger partial charge in [0.05, 0.1) is 12.7 Å². The fourth-order valence-electron chi connectivity index (χ4n) is 5.10. The highest BCUT2D eigenvalue weighted by Crippen LogP contribution is 2.35. The SMILES string of the molecule is CC(C)(C)OC(=O)N[C@H]1CCN(c2cccnn2)C[C@H]1CO[C@H]1CC[C@@H](c2cccc(F)c2)CC1. The van der Waals surface area contributed by atoms with Crippen LogP contribution in [0.15, 0.2) is 42.6 Å². The first-order valence-corrected chi connectivity index (χ1v) is 12.7. The standard InChI is InChI=1S/C27H37FN4O3/c1-27(2,3)35-26(33)30-24-13-15-32(25-8-5-14-29-31-25)17-21(24)18-34-23-11-9-19(10-12-23)20-6-4-7-22(28)16-20/h4-8,14,16,19,21,23-24H,9-13,15,17-18H2,1-3H3,(H,30,33)/t19-,21-,23+,24-/m0/s1. The second-order valence-electron chi connectivity index (χ2n) is 10.7. The number of hydrogen-bond donors (Lipinski definition) is 1. The molecule has 0 radical (unpaired) electrons. The molecule has 1 aromatic carbocycles. The van der Waals surface area contributed by atoms with E-state index in [0.717, 1.165) is 56.6 Å². The predicted molar refractivity (Wildman–Crippen MR) is 133 cm³/mol. The minimum Gasteiger partial charge on any atom is -0.444 e. The number of amides is 1. The number of benzene rings is 1. The number of nitrogens with one attached hydrogen (secondary N) is 1. The van der Waals surface area contributed by atoms with Crippen LogP contribution in [0.2, 0.25) is 0 Å². The van der Waals surface area contributed by atoms with E-state index >= 15 is 0 Å². The molecule has 1 saturated heterocycles. The molecule has 190 valence electrons. The summed E-state index contributed by atoms with van der Waals surface area (Å²) in [6, 6.07) is 10.8. The first-order chi connectivity index (χ1) is 16.8. The molecule has 2 aliphatic rings. The normalized spacial score (nSPS) is 25.2. The van der Waals surface area contributed by atoms with Crippen LogP contribution in [0.5, 0.6) is 0 Å². The minimum atomic E-state index is -0.545. The zero-order valence-corrected chi connectivity index (χ0v) is 21.0. The van der Waals surface area contributed by atoms with Gasteiger partial charge in [-0.05, 0) is 88.6 Å². The molecule has 1 N–H and O–H groups in total. The van der Waals surface area contributed by atoms with Crippen LogP contribution >= 0.6 is 0 Å². The number of hydrogen-bond acceptors (Lipinski definition) is 6. The Balaban J connectivity index is 1.34. The predicted octanol–water partition coefficient (Wildman–Crippen LogP) is 5.08. The van der Waals surface area contributed by atoms with Crippen molar-refractivity contribution in [2.75, 3.05) is 24.6 Å². The van der Waals surface area contributed by atoms with Gasteiger partial charge in [-0.3, -0.25) is 0 Å². The zero-order chi connectivity index (χ0) is 24.8. The number of carbonyl (C=O) groups is 1. The Morgan fingerprint density at radius 1 is 1.14 bits per heavy atom. The van der Waals surface area contributed by atoms with E-state index in [1.165, 1.54) is 6.07 Å². The molecule has 35 heavy (non-hydrogen) atoms. The Kier molecular flexibility index (Phi) is 8.21. The lowest BCUT2D eigenvalue weighted by molar-refractivity contribution is -0.00575. The fourth-order valence-corrected chi connectivity index (χ4v) is 5.10. The van der Waals surface area contributed by atoms with Crippen LogP contribution in [0.3, 0.4) is 0 Å². The average Bonchev–Trinajstić information content (AvgIpc) is 2.83. The fraction of sp³-hybridized carbons (Fsp3) is 0.593. The molecule has 1 amide bonds. The molecule has 0 spiro atoms. The molecule has 0 unspecified atom stereocenters. The van der Waals surface area contributed by atoms with Crippen molar-refractivity contribution < 1.29 is 18.7 Å². The quantitative estimate of drug-likeness (QED) is 0.616. The Morgan fingerprint density at radius 3 is 2.63 bits per heavy atom. The molecule has 2 aromatic rings. The number of piperidine rings is 1. The lowest BCUT2D eigenvalue weighted by atomic mass is 9.82. The van der Waals surface area contributed by atoms with Crippen LogP contribution < -0.4 is 10.2 Å². The lowest BCUT2D eigenvalue weighted by Gasteiger charge is -2.40. The second kappa shape index (κ2) is 11.3. The van der Waals surface area contributed by atoms with Crippen molar-refractivity contribution in [3.05, 3.63) is 54.0 Å². The van der Waals surface area contributed by atoms with E-state index in [9.17, 15) is 9.18 Å². The summed E-state index contributed by atoms with van der Waals surface area (Å²) in [6.07, 6.45) is 6.11. The third kappa shape index (κ3) is 7.37. The van der Waals surface area contributed by atoms with E-state index in [2.05, 4.69) is 20.4 Å². The summed E-state index contributed by atoms with van der Waals surface area (Å²) < 4.78 is 25.5. The summed E-state index contributed by atoms with van der Waals surface area (Å²) in [6.45, 7) is 7.64. The molecular weight excluding hydrogens is 447 g/mol. The van der Waals surface area contributed by atoms with Crippen molar-refractivity contribution in [1.29, 1.82) is 0 Å². The van der Waals surface area contributed by atoms with Crippen LogP contribution in [0.25, 0.3) is 0 Å². The molecule has 2 atom stereocenters. The Hall–Kier alpha value is -2.74. The first-order valence-electron chi connectivity index (χ1n) is 12.7. The van der Waals surface area contributed by atoms with Crippen molar-refractivity contribution in [2.24, 2.45) is 5.92 Å². The summed E-state index contributed by atoms with van der Waals surface area (Å²) in [5.41, 5.74) is 0.536. The molecule has 1 aliphatic carbocycles. The van der Waals surface area contributed by atoms with Gasteiger partial charge in [0.15, 0.2) is 5.82 Å². The number of ether oxygens (including phenoxy) is 2. The number of alkyl carbamates (subject to hydrolysis) is 1. The number of rotatable bonds is 6. The zero-order valence-electron chi connectivity index (χ0n) is 21.0. The average molecular weight is 485 g/mol. The summed E-state index contributed by atoms with van der Waals surface area (Å²) in [4.78, 5) is 14.7. The van der Waals surface area contributed by atoms with Gasteiger partial charge in [-0.15, -0.1) is 5.10 Å². The van der Waals surface area contributed by atoms with Gasteiger partial charge < -0.3 is 19.7 Å². The molecule has 4 rings (SSSR count). The van der Waals surface area contributed by atoms with Crippen molar-refractivity contribution in [2.45, 2.75) is 76.5 Å². The summed E-state index contributed by atoms with van der Waals surface area (Å²) >= 11 is 0. The molecule has 2 fully saturated rings. The molecule has 1 aromatic heterocycles. The lowest BCUT2D eigenvalue weighted by Crippen LogP contribution is -2.53. The van der Waals surface area contributed by atoms with E-state index in [-0.39, 0.29) is 23.9 Å². The minimum absolute atomic E-state index is 0.0404. The highest BCUT2D eigenvalue weighted by molar-refractivity contribution is 5.68. The van der Waals surface area contributed by atoms with E-state index < -0.39 is 11.7 Å². The van der Waals surface area contributed by atoms with Gasteiger partial charge in [0, 0.05) is 31.2 Å². The summed E-state index contributed by atoms with van der Waals surface area (Å²) in [5.74, 6) is 1.14. The van der Waals surface area contributed by atoms with Gasteiger partial charge >= 0.3 is 6.09 Å². The molecule has 7 nitrogen and oxygen atoms in total. The van der Waals surface area contributed by atoms with E-state index in [1.54, 1.807) is 18.3 Å². The van der Waals surface area contributed by atoms with Crippen molar-refractivity contribution in [1.82, 2.24) is 15.5 Å². The van der Waals surface area contributed by atoms with Crippen molar-refractivity contribution >= 4 is 11.9 Å². The number of aromatic nitrogens is 2. The molecule has 8 heteroatoms. The van der Waals surface area contributed by atoms with Gasteiger partial charge in [0.25, 0.3) is 0 Å². The summed E-state index contributed by atoms with van der Waals surface area (Å²) in [7, 11) is 0. The highest BCUT2D eigenvalue weighted by atomic mass is 19.1. The van der Waals surface area contributed by atoms with Gasteiger partial charge in [0.2, 0.25) is 0 Å². The largest absolute Gasteiger partial charge is 0.444 e. The second-order valence-corrected chi connectivity index (χ2v) is 10.7. The number of nitrogens with zero attached hydrogens (tertiary/aromatic N) is 3. The Morgan fingerprint density at radius 2 is 1.94 bits per heavy atom. The summed E-state index contributed by atoms with van der Waals surface area (Å²) in [5, 5.41) is 11.4. The highest BCUT2D eigenvalue weighted by Gasteiger charge is 2.33. The van der Waals surface area contributed by atoms with Crippen LogP contribution in [-0.4, -0.2) is 53.7 Å². The van der Waals surface area contributed by atoms with E-state index in [4.69, 9.17) is 9.47 Å².